The number of anilines is 1. The standard InChI is InChI=1S/C20H30N4O3/c1-2-27-20(26)24-11-7-17(8-12-24)22-18-13-16(14-21-15-18)19(25)23-9-5-3-4-6-10-23/h13-15,17,22H,2-12H2,1H3. The predicted molar refractivity (Wildman–Crippen MR) is 104 cm³/mol. The SMILES string of the molecule is CCOC(=O)N1CCC(Nc2cncc(C(=O)N3CCCCCC3)c2)CC1. The number of nitrogens with zero attached hydrogens (tertiary/aromatic N) is 3. The van der Waals surface area contributed by atoms with E-state index in [9.17, 15) is 9.59 Å². The van der Waals surface area contributed by atoms with E-state index in [1.807, 2.05) is 17.9 Å². The van der Waals surface area contributed by atoms with Crippen LogP contribution in [-0.4, -0.2) is 65.6 Å². The molecule has 148 valence electrons. The summed E-state index contributed by atoms with van der Waals surface area (Å²) in [6, 6.07) is 2.17. The number of hydrogen-bond donors (Lipinski definition) is 1. The second kappa shape index (κ2) is 9.58. The lowest BCUT2D eigenvalue weighted by molar-refractivity contribution is 0.0761. The van der Waals surface area contributed by atoms with Crippen molar-refractivity contribution in [2.75, 3.05) is 38.1 Å². The summed E-state index contributed by atoms with van der Waals surface area (Å²) < 4.78 is 5.06. The lowest BCUT2D eigenvalue weighted by atomic mass is 10.0. The lowest BCUT2D eigenvalue weighted by Gasteiger charge is -2.32. The molecule has 3 heterocycles. The van der Waals surface area contributed by atoms with Gasteiger partial charge in [-0.3, -0.25) is 9.78 Å². The zero-order valence-corrected chi connectivity index (χ0v) is 16.2. The van der Waals surface area contributed by atoms with E-state index in [4.69, 9.17) is 4.74 Å². The molecule has 7 nitrogen and oxygen atoms in total. The van der Waals surface area contributed by atoms with Crippen LogP contribution in [-0.2, 0) is 4.74 Å². The summed E-state index contributed by atoms with van der Waals surface area (Å²) in [4.78, 5) is 32.5. The van der Waals surface area contributed by atoms with Gasteiger partial charge in [0, 0.05) is 44.6 Å². The van der Waals surface area contributed by atoms with Gasteiger partial charge < -0.3 is 19.9 Å². The highest BCUT2D eigenvalue weighted by molar-refractivity contribution is 5.94. The third kappa shape index (κ3) is 5.34. The molecule has 1 N–H and O–H groups in total. The van der Waals surface area contributed by atoms with Crippen LogP contribution in [0, 0.1) is 0 Å². The number of nitrogens with one attached hydrogen (secondary N) is 1. The van der Waals surface area contributed by atoms with Crippen LogP contribution in [0.3, 0.4) is 0 Å². The quantitative estimate of drug-likeness (QED) is 0.876. The molecule has 1 aromatic rings. The number of carbonyl (C=O) groups excluding carboxylic acids is 2. The fourth-order valence-electron chi connectivity index (χ4n) is 3.75. The summed E-state index contributed by atoms with van der Waals surface area (Å²) in [5.41, 5.74) is 1.51. The number of carbonyl (C=O) groups is 2. The Kier molecular flexibility index (Phi) is 6.90. The largest absolute Gasteiger partial charge is 0.450 e. The van der Waals surface area contributed by atoms with E-state index >= 15 is 0 Å². The van der Waals surface area contributed by atoms with E-state index in [2.05, 4.69) is 10.3 Å². The van der Waals surface area contributed by atoms with Crippen molar-refractivity contribution < 1.29 is 14.3 Å². The van der Waals surface area contributed by atoms with Gasteiger partial charge in [-0.25, -0.2) is 4.79 Å². The lowest BCUT2D eigenvalue weighted by Crippen LogP contribution is -2.42. The predicted octanol–water partition coefficient (Wildman–Crippen LogP) is 3.13. The third-order valence-corrected chi connectivity index (χ3v) is 5.27. The van der Waals surface area contributed by atoms with Crippen molar-refractivity contribution in [1.82, 2.24) is 14.8 Å². The summed E-state index contributed by atoms with van der Waals surface area (Å²) >= 11 is 0. The average molecular weight is 374 g/mol. The molecule has 0 spiro atoms. The summed E-state index contributed by atoms with van der Waals surface area (Å²) in [5, 5.41) is 3.47. The number of rotatable bonds is 4. The Morgan fingerprint density at radius 3 is 2.44 bits per heavy atom. The minimum absolute atomic E-state index is 0.0742. The van der Waals surface area contributed by atoms with Crippen molar-refractivity contribution in [1.29, 1.82) is 0 Å². The Morgan fingerprint density at radius 1 is 1.07 bits per heavy atom. The molecule has 0 saturated carbocycles. The van der Waals surface area contributed by atoms with Gasteiger partial charge >= 0.3 is 6.09 Å². The summed E-state index contributed by atoms with van der Waals surface area (Å²) in [6.07, 6.45) is 9.45. The van der Waals surface area contributed by atoms with E-state index in [-0.39, 0.29) is 18.0 Å². The Balaban J connectivity index is 1.55. The van der Waals surface area contributed by atoms with E-state index in [1.54, 1.807) is 17.3 Å². The molecule has 2 fully saturated rings. The van der Waals surface area contributed by atoms with Gasteiger partial charge in [0.15, 0.2) is 0 Å². The van der Waals surface area contributed by atoms with E-state index in [1.165, 1.54) is 12.8 Å². The molecule has 27 heavy (non-hydrogen) atoms. The van der Waals surface area contributed by atoms with E-state index in [0.717, 1.165) is 44.5 Å². The Labute approximate surface area is 161 Å². The van der Waals surface area contributed by atoms with Gasteiger partial charge in [-0.05, 0) is 38.7 Å². The third-order valence-electron chi connectivity index (χ3n) is 5.27. The Bertz CT molecular complexity index is 636. The van der Waals surface area contributed by atoms with Crippen LogP contribution in [0.5, 0.6) is 0 Å². The monoisotopic (exact) mass is 374 g/mol. The molecular weight excluding hydrogens is 344 g/mol. The van der Waals surface area contributed by atoms with Crippen molar-refractivity contribution in [3.05, 3.63) is 24.0 Å². The van der Waals surface area contributed by atoms with Gasteiger partial charge in [0.05, 0.1) is 17.9 Å². The maximum atomic E-state index is 12.8. The van der Waals surface area contributed by atoms with Crippen molar-refractivity contribution in [2.24, 2.45) is 0 Å². The number of aromatic nitrogens is 1. The first kappa shape index (κ1) is 19.5. The Morgan fingerprint density at radius 2 is 1.78 bits per heavy atom. The molecule has 0 bridgehead atoms. The number of hydrogen-bond acceptors (Lipinski definition) is 5. The fourth-order valence-corrected chi connectivity index (χ4v) is 3.75. The van der Waals surface area contributed by atoms with Crippen molar-refractivity contribution >= 4 is 17.7 Å². The number of likely N-dealkylation sites (tertiary alicyclic amines) is 2. The molecule has 0 atom stereocenters. The number of piperidine rings is 1. The first-order chi connectivity index (χ1) is 13.2. The van der Waals surface area contributed by atoms with Crippen molar-refractivity contribution in [3.63, 3.8) is 0 Å². The van der Waals surface area contributed by atoms with Crippen LogP contribution in [0.1, 0.15) is 55.8 Å². The number of ether oxygens (including phenoxy) is 1. The highest BCUT2D eigenvalue weighted by Gasteiger charge is 2.24. The molecule has 2 amide bonds. The van der Waals surface area contributed by atoms with Gasteiger partial charge in [-0.15, -0.1) is 0 Å². The topological polar surface area (TPSA) is 74.8 Å². The van der Waals surface area contributed by atoms with Gasteiger partial charge in [-0.1, -0.05) is 12.8 Å². The minimum Gasteiger partial charge on any atom is -0.450 e. The molecule has 1 aromatic heterocycles. The molecule has 0 aromatic carbocycles. The van der Waals surface area contributed by atoms with Crippen LogP contribution < -0.4 is 5.32 Å². The average Bonchev–Trinajstić information content (AvgIpc) is 2.98. The second-order valence-corrected chi connectivity index (χ2v) is 7.27. The molecule has 0 radical (unpaired) electrons. The maximum absolute atomic E-state index is 12.8. The molecule has 2 aliphatic heterocycles. The minimum atomic E-state index is -0.234. The molecular formula is C20H30N4O3. The van der Waals surface area contributed by atoms with Crippen molar-refractivity contribution in [2.45, 2.75) is 51.5 Å². The fraction of sp³-hybridized carbons (Fsp3) is 0.650. The molecule has 3 rings (SSSR count). The van der Waals surface area contributed by atoms with Crippen LogP contribution in [0.4, 0.5) is 10.5 Å². The molecule has 2 saturated heterocycles. The van der Waals surface area contributed by atoms with Gasteiger partial charge in [-0.2, -0.15) is 0 Å². The van der Waals surface area contributed by atoms with Crippen LogP contribution in [0.25, 0.3) is 0 Å². The smallest absolute Gasteiger partial charge is 0.409 e. The normalized spacial score (nSPS) is 18.7. The first-order valence-electron chi connectivity index (χ1n) is 10.1. The summed E-state index contributed by atoms with van der Waals surface area (Å²) in [6.45, 7) is 5.25. The second-order valence-electron chi connectivity index (χ2n) is 7.27. The number of amides is 2. The summed E-state index contributed by atoms with van der Waals surface area (Å²) in [7, 11) is 0. The highest BCUT2D eigenvalue weighted by Crippen LogP contribution is 2.19. The molecule has 2 aliphatic rings. The zero-order valence-electron chi connectivity index (χ0n) is 16.2. The molecule has 0 aliphatic carbocycles. The van der Waals surface area contributed by atoms with Crippen LogP contribution in [0.2, 0.25) is 0 Å². The number of pyridine rings is 1. The van der Waals surface area contributed by atoms with E-state index in [0.29, 0.717) is 25.3 Å². The molecule has 7 heteroatoms. The first-order valence-corrected chi connectivity index (χ1v) is 10.1. The van der Waals surface area contributed by atoms with Gasteiger partial charge in [0.1, 0.15) is 0 Å². The van der Waals surface area contributed by atoms with Gasteiger partial charge in [0.2, 0.25) is 0 Å². The van der Waals surface area contributed by atoms with Crippen LogP contribution in [0.15, 0.2) is 18.5 Å². The van der Waals surface area contributed by atoms with Crippen molar-refractivity contribution in [3.8, 4) is 0 Å². The van der Waals surface area contributed by atoms with Gasteiger partial charge in [0.25, 0.3) is 5.91 Å². The maximum Gasteiger partial charge on any atom is 0.409 e. The zero-order chi connectivity index (χ0) is 19.1. The van der Waals surface area contributed by atoms with Crippen LogP contribution >= 0.6 is 0 Å². The molecule has 0 unspecified atom stereocenters. The Hall–Kier alpha value is -2.31. The highest BCUT2D eigenvalue weighted by atomic mass is 16.6. The summed E-state index contributed by atoms with van der Waals surface area (Å²) in [5.74, 6) is 0.0742. The van der Waals surface area contributed by atoms with E-state index < -0.39 is 0 Å².